The predicted octanol–water partition coefficient (Wildman–Crippen LogP) is 2.36. The molecule has 1 heterocycles. The minimum Gasteiger partial charge on any atom is -0.329 e. The highest BCUT2D eigenvalue weighted by Crippen LogP contribution is 2.32. The van der Waals surface area contributed by atoms with Gasteiger partial charge >= 0.3 is 0 Å². The van der Waals surface area contributed by atoms with E-state index in [0.717, 1.165) is 6.54 Å². The number of rotatable bonds is 2. The molecule has 1 fully saturated rings. The third-order valence-corrected chi connectivity index (χ3v) is 4.81. The van der Waals surface area contributed by atoms with E-state index in [0.29, 0.717) is 18.1 Å². The SMILES string of the molecule is CC1CCCC(CN)N1C1Cc2ccccc2C1. The number of hydrogen-bond acceptors (Lipinski definition) is 2. The lowest BCUT2D eigenvalue weighted by Crippen LogP contribution is -2.54. The Balaban J connectivity index is 1.79. The van der Waals surface area contributed by atoms with E-state index in [9.17, 15) is 0 Å². The second kappa shape index (κ2) is 5.02. The molecule has 0 radical (unpaired) electrons. The molecule has 1 aromatic rings. The number of hydrogen-bond donors (Lipinski definition) is 1. The molecule has 2 aliphatic rings. The van der Waals surface area contributed by atoms with Crippen molar-refractivity contribution in [2.45, 2.75) is 57.2 Å². The van der Waals surface area contributed by atoms with Crippen molar-refractivity contribution in [3.8, 4) is 0 Å². The third-order valence-electron chi connectivity index (χ3n) is 4.81. The van der Waals surface area contributed by atoms with Crippen LogP contribution in [0.1, 0.15) is 37.3 Å². The summed E-state index contributed by atoms with van der Waals surface area (Å²) in [5.41, 5.74) is 9.09. The lowest BCUT2D eigenvalue weighted by Gasteiger charge is -2.44. The smallest absolute Gasteiger partial charge is 0.0224 e. The third kappa shape index (κ3) is 2.08. The van der Waals surface area contributed by atoms with E-state index in [1.807, 2.05) is 0 Å². The van der Waals surface area contributed by atoms with Crippen LogP contribution in [0.2, 0.25) is 0 Å². The van der Waals surface area contributed by atoms with E-state index in [1.165, 1.54) is 32.1 Å². The van der Waals surface area contributed by atoms with E-state index < -0.39 is 0 Å². The van der Waals surface area contributed by atoms with Crippen LogP contribution in [0.4, 0.5) is 0 Å². The fourth-order valence-corrected chi connectivity index (χ4v) is 3.95. The van der Waals surface area contributed by atoms with Gasteiger partial charge in [0.25, 0.3) is 0 Å². The molecule has 98 valence electrons. The van der Waals surface area contributed by atoms with Crippen molar-refractivity contribution in [2.24, 2.45) is 5.73 Å². The first-order chi connectivity index (χ1) is 8.79. The largest absolute Gasteiger partial charge is 0.329 e. The van der Waals surface area contributed by atoms with Crippen LogP contribution in [-0.2, 0) is 12.8 Å². The van der Waals surface area contributed by atoms with E-state index in [2.05, 4.69) is 36.1 Å². The quantitative estimate of drug-likeness (QED) is 0.865. The molecule has 0 saturated carbocycles. The standard InChI is InChI=1S/C16H24N2/c1-12-5-4-8-15(11-17)18(12)16-9-13-6-2-3-7-14(13)10-16/h2-3,6-7,12,15-16H,4-5,8-11,17H2,1H3. The van der Waals surface area contributed by atoms with Gasteiger partial charge in [-0.05, 0) is 43.7 Å². The number of fused-ring (bicyclic) bond motifs is 1. The molecule has 2 unspecified atom stereocenters. The van der Waals surface area contributed by atoms with Gasteiger partial charge < -0.3 is 5.73 Å². The van der Waals surface area contributed by atoms with Crippen molar-refractivity contribution >= 4 is 0 Å². The molecule has 1 aliphatic carbocycles. The molecule has 1 aromatic carbocycles. The van der Waals surface area contributed by atoms with E-state index in [1.54, 1.807) is 11.1 Å². The summed E-state index contributed by atoms with van der Waals surface area (Å²) in [5, 5.41) is 0. The van der Waals surface area contributed by atoms with Gasteiger partial charge in [0.15, 0.2) is 0 Å². The molecule has 18 heavy (non-hydrogen) atoms. The van der Waals surface area contributed by atoms with Gasteiger partial charge in [0.1, 0.15) is 0 Å². The molecule has 2 atom stereocenters. The monoisotopic (exact) mass is 244 g/mol. The summed E-state index contributed by atoms with van der Waals surface area (Å²) in [6.45, 7) is 3.20. The van der Waals surface area contributed by atoms with Crippen LogP contribution in [0, 0.1) is 0 Å². The van der Waals surface area contributed by atoms with E-state index in [4.69, 9.17) is 5.73 Å². The summed E-state index contributed by atoms with van der Waals surface area (Å²) in [5.74, 6) is 0. The molecule has 2 heteroatoms. The molecule has 0 bridgehead atoms. The number of benzene rings is 1. The molecule has 1 aliphatic heterocycles. The van der Waals surface area contributed by atoms with Crippen LogP contribution < -0.4 is 5.73 Å². The van der Waals surface area contributed by atoms with Gasteiger partial charge in [-0.15, -0.1) is 0 Å². The van der Waals surface area contributed by atoms with Crippen molar-refractivity contribution in [2.75, 3.05) is 6.54 Å². The molecule has 0 aromatic heterocycles. The Morgan fingerprint density at radius 2 is 1.83 bits per heavy atom. The van der Waals surface area contributed by atoms with Crippen LogP contribution in [0.5, 0.6) is 0 Å². The zero-order valence-corrected chi connectivity index (χ0v) is 11.3. The summed E-state index contributed by atoms with van der Waals surface area (Å²) in [4.78, 5) is 2.73. The summed E-state index contributed by atoms with van der Waals surface area (Å²) in [6, 6.07) is 10.9. The Labute approximate surface area is 110 Å². The Morgan fingerprint density at radius 1 is 1.17 bits per heavy atom. The summed E-state index contributed by atoms with van der Waals surface area (Å²) >= 11 is 0. The van der Waals surface area contributed by atoms with E-state index >= 15 is 0 Å². The highest BCUT2D eigenvalue weighted by atomic mass is 15.2. The minimum atomic E-state index is 0.605. The molecule has 3 rings (SSSR count). The Morgan fingerprint density at radius 3 is 2.44 bits per heavy atom. The lowest BCUT2D eigenvalue weighted by molar-refractivity contribution is 0.0540. The number of nitrogens with two attached hydrogens (primary N) is 1. The normalized spacial score (nSPS) is 29.4. The maximum atomic E-state index is 5.99. The van der Waals surface area contributed by atoms with Crippen molar-refractivity contribution in [1.82, 2.24) is 4.90 Å². The molecule has 2 N–H and O–H groups in total. The number of likely N-dealkylation sites (tertiary alicyclic amines) is 1. The summed E-state index contributed by atoms with van der Waals surface area (Å²) in [7, 11) is 0. The fraction of sp³-hybridized carbons (Fsp3) is 0.625. The Kier molecular flexibility index (Phi) is 3.40. The minimum absolute atomic E-state index is 0.605. The first kappa shape index (κ1) is 12.2. The first-order valence-electron chi connectivity index (χ1n) is 7.34. The zero-order valence-electron chi connectivity index (χ0n) is 11.3. The van der Waals surface area contributed by atoms with Crippen molar-refractivity contribution < 1.29 is 0 Å². The lowest BCUT2D eigenvalue weighted by atomic mass is 9.93. The zero-order chi connectivity index (χ0) is 12.5. The average molecular weight is 244 g/mol. The first-order valence-corrected chi connectivity index (χ1v) is 7.34. The molecule has 2 nitrogen and oxygen atoms in total. The topological polar surface area (TPSA) is 29.3 Å². The summed E-state index contributed by atoms with van der Waals surface area (Å²) in [6.07, 6.45) is 6.41. The second-order valence-electron chi connectivity index (χ2n) is 5.95. The number of piperidine rings is 1. The van der Waals surface area contributed by atoms with Crippen molar-refractivity contribution in [1.29, 1.82) is 0 Å². The van der Waals surface area contributed by atoms with Crippen LogP contribution in [0.15, 0.2) is 24.3 Å². The highest BCUT2D eigenvalue weighted by Gasteiger charge is 2.35. The van der Waals surface area contributed by atoms with Gasteiger partial charge in [-0.2, -0.15) is 0 Å². The Bertz CT molecular complexity index is 390. The van der Waals surface area contributed by atoms with Crippen molar-refractivity contribution in [3.63, 3.8) is 0 Å². The fourth-order valence-electron chi connectivity index (χ4n) is 3.95. The molecular formula is C16H24N2. The Hall–Kier alpha value is -0.860. The molecule has 0 amide bonds. The van der Waals surface area contributed by atoms with Gasteiger partial charge in [0.2, 0.25) is 0 Å². The van der Waals surface area contributed by atoms with Crippen molar-refractivity contribution in [3.05, 3.63) is 35.4 Å². The molecule has 0 spiro atoms. The van der Waals surface area contributed by atoms with Gasteiger partial charge in [0.05, 0.1) is 0 Å². The molecular weight excluding hydrogens is 220 g/mol. The van der Waals surface area contributed by atoms with Crippen LogP contribution in [0.3, 0.4) is 0 Å². The van der Waals surface area contributed by atoms with Gasteiger partial charge in [-0.25, -0.2) is 0 Å². The van der Waals surface area contributed by atoms with Crippen LogP contribution >= 0.6 is 0 Å². The van der Waals surface area contributed by atoms with Gasteiger partial charge in [-0.1, -0.05) is 30.7 Å². The summed E-state index contributed by atoms with van der Waals surface area (Å²) < 4.78 is 0. The van der Waals surface area contributed by atoms with Crippen LogP contribution in [0.25, 0.3) is 0 Å². The highest BCUT2D eigenvalue weighted by molar-refractivity contribution is 5.33. The maximum Gasteiger partial charge on any atom is 0.0224 e. The number of nitrogens with zero attached hydrogens (tertiary/aromatic N) is 1. The molecule has 1 saturated heterocycles. The average Bonchev–Trinajstić information content (AvgIpc) is 2.81. The maximum absolute atomic E-state index is 5.99. The van der Waals surface area contributed by atoms with Crippen LogP contribution in [-0.4, -0.2) is 29.6 Å². The van der Waals surface area contributed by atoms with Gasteiger partial charge in [-0.3, -0.25) is 4.90 Å². The van der Waals surface area contributed by atoms with Gasteiger partial charge in [0, 0.05) is 24.7 Å². The predicted molar refractivity (Wildman–Crippen MR) is 75.6 cm³/mol. The van der Waals surface area contributed by atoms with E-state index in [-0.39, 0.29) is 0 Å². The second-order valence-corrected chi connectivity index (χ2v) is 5.95.